The van der Waals surface area contributed by atoms with E-state index in [1.807, 2.05) is 22.9 Å². The summed E-state index contributed by atoms with van der Waals surface area (Å²) in [4.78, 5) is 8.61. The van der Waals surface area contributed by atoms with Gasteiger partial charge >= 0.3 is 0 Å². The van der Waals surface area contributed by atoms with Crippen molar-refractivity contribution in [3.63, 3.8) is 0 Å². The van der Waals surface area contributed by atoms with Crippen LogP contribution in [0.15, 0.2) is 29.1 Å². The van der Waals surface area contributed by atoms with Crippen molar-refractivity contribution >= 4 is 23.1 Å². The Balaban J connectivity index is 1.54. The summed E-state index contributed by atoms with van der Waals surface area (Å²) in [6.07, 6.45) is 3.31. The van der Waals surface area contributed by atoms with Gasteiger partial charge in [-0.3, -0.25) is 0 Å². The van der Waals surface area contributed by atoms with Gasteiger partial charge in [-0.05, 0) is 41.3 Å². The van der Waals surface area contributed by atoms with E-state index >= 15 is 0 Å². The molecule has 7 heteroatoms. The third kappa shape index (κ3) is 4.16. The summed E-state index contributed by atoms with van der Waals surface area (Å²) in [7, 11) is 0. The van der Waals surface area contributed by atoms with Gasteiger partial charge in [0, 0.05) is 19.3 Å². The van der Waals surface area contributed by atoms with Crippen LogP contribution in [-0.2, 0) is 4.74 Å². The number of thiophene rings is 1. The predicted octanol–water partition coefficient (Wildman–Crippen LogP) is 2.27. The number of ether oxygens (including phenoxy) is 1. The molecule has 22 heavy (non-hydrogen) atoms. The Labute approximate surface area is 133 Å². The van der Waals surface area contributed by atoms with Crippen LogP contribution in [0.1, 0.15) is 24.5 Å². The maximum atomic E-state index is 10.1. The zero-order chi connectivity index (χ0) is 15.2. The van der Waals surface area contributed by atoms with Crippen molar-refractivity contribution in [2.75, 3.05) is 30.4 Å². The molecule has 0 aliphatic carbocycles. The quantitative estimate of drug-likeness (QED) is 0.758. The summed E-state index contributed by atoms with van der Waals surface area (Å²) in [5.74, 6) is 1.29. The molecule has 1 aliphatic rings. The van der Waals surface area contributed by atoms with Crippen LogP contribution in [0.4, 0.5) is 11.8 Å². The maximum Gasteiger partial charge on any atom is 0.224 e. The predicted molar refractivity (Wildman–Crippen MR) is 87.3 cm³/mol. The van der Waals surface area contributed by atoms with Crippen LogP contribution in [0.3, 0.4) is 0 Å². The van der Waals surface area contributed by atoms with E-state index in [1.54, 1.807) is 17.5 Å². The Morgan fingerprint density at radius 3 is 3.18 bits per heavy atom. The van der Waals surface area contributed by atoms with Gasteiger partial charge in [0.15, 0.2) is 0 Å². The minimum atomic E-state index is -0.557. The minimum Gasteiger partial charge on any atom is -0.387 e. The number of hydrogen-bond donors (Lipinski definition) is 3. The Kier molecular flexibility index (Phi) is 5.20. The molecule has 2 unspecified atom stereocenters. The van der Waals surface area contributed by atoms with Gasteiger partial charge in [-0.2, -0.15) is 16.3 Å². The highest BCUT2D eigenvalue weighted by Crippen LogP contribution is 2.17. The van der Waals surface area contributed by atoms with Crippen LogP contribution in [0.5, 0.6) is 0 Å². The summed E-state index contributed by atoms with van der Waals surface area (Å²) >= 11 is 1.57. The van der Waals surface area contributed by atoms with Crippen LogP contribution in [-0.4, -0.2) is 40.9 Å². The van der Waals surface area contributed by atoms with Gasteiger partial charge in [-0.15, -0.1) is 0 Å². The monoisotopic (exact) mass is 320 g/mol. The number of aromatic nitrogens is 2. The molecular formula is C15H20N4O2S. The summed E-state index contributed by atoms with van der Waals surface area (Å²) in [5.41, 5.74) is 0.908. The highest BCUT2D eigenvalue weighted by atomic mass is 32.1. The molecule has 3 rings (SSSR count). The molecule has 0 radical (unpaired) electrons. The molecule has 1 saturated heterocycles. The van der Waals surface area contributed by atoms with Crippen molar-refractivity contribution < 1.29 is 9.84 Å². The smallest absolute Gasteiger partial charge is 0.224 e. The molecule has 2 aromatic rings. The molecule has 0 bridgehead atoms. The summed E-state index contributed by atoms with van der Waals surface area (Å²) in [5, 5.41) is 20.4. The van der Waals surface area contributed by atoms with Crippen molar-refractivity contribution in [1.29, 1.82) is 0 Å². The highest BCUT2D eigenvalue weighted by molar-refractivity contribution is 7.07. The molecule has 0 spiro atoms. The van der Waals surface area contributed by atoms with E-state index in [-0.39, 0.29) is 0 Å². The molecule has 0 amide bonds. The lowest BCUT2D eigenvalue weighted by molar-refractivity contribution is 0.0875. The average Bonchev–Trinajstić information content (AvgIpc) is 3.08. The topological polar surface area (TPSA) is 79.3 Å². The second-order valence-corrected chi connectivity index (χ2v) is 6.06. The van der Waals surface area contributed by atoms with Crippen molar-refractivity contribution in [1.82, 2.24) is 9.97 Å². The lowest BCUT2D eigenvalue weighted by Gasteiger charge is -2.23. The van der Waals surface area contributed by atoms with Gasteiger partial charge in [-0.1, -0.05) is 0 Å². The molecule has 0 aromatic carbocycles. The van der Waals surface area contributed by atoms with Crippen LogP contribution < -0.4 is 10.6 Å². The number of aliphatic hydroxyl groups is 1. The molecular weight excluding hydrogens is 300 g/mol. The average molecular weight is 320 g/mol. The first kappa shape index (κ1) is 15.2. The van der Waals surface area contributed by atoms with Crippen LogP contribution in [0.2, 0.25) is 0 Å². The first-order valence-electron chi connectivity index (χ1n) is 7.42. The minimum absolute atomic E-state index is 0.299. The van der Waals surface area contributed by atoms with Gasteiger partial charge in [-0.25, -0.2) is 4.98 Å². The van der Waals surface area contributed by atoms with Crippen LogP contribution >= 0.6 is 11.3 Å². The normalized spacial score (nSPS) is 19.6. The molecule has 6 nitrogen and oxygen atoms in total. The van der Waals surface area contributed by atoms with Crippen molar-refractivity contribution in [2.45, 2.75) is 25.0 Å². The number of anilines is 2. The van der Waals surface area contributed by atoms with Gasteiger partial charge in [0.25, 0.3) is 0 Å². The van der Waals surface area contributed by atoms with E-state index < -0.39 is 6.10 Å². The molecule has 1 aliphatic heterocycles. The van der Waals surface area contributed by atoms with Gasteiger partial charge in [0.1, 0.15) is 5.82 Å². The Morgan fingerprint density at radius 2 is 2.41 bits per heavy atom. The molecule has 0 saturated carbocycles. The molecule has 118 valence electrons. The van der Waals surface area contributed by atoms with Gasteiger partial charge in [0.2, 0.25) is 5.95 Å². The Bertz CT molecular complexity index is 573. The number of aliphatic hydroxyl groups excluding tert-OH is 1. The lowest BCUT2D eigenvalue weighted by atomic mass is 10.1. The van der Waals surface area contributed by atoms with E-state index in [0.717, 1.165) is 30.8 Å². The molecule has 2 atom stereocenters. The number of nitrogens with zero attached hydrogens (tertiary/aromatic N) is 2. The van der Waals surface area contributed by atoms with E-state index in [1.165, 1.54) is 0 Å². The number of rotatable bonds is 6. The maximum absolute atomic E-state index is 10.1. The SMILES string of the molecule is OC(CNc1nccc(NC2CCCOC2)n1)c1ccsc1. The lowest BCUT2D eigenvalue weighted by Crippen LogP contribution is -2.30. The highest BCUT2D eigenvalue weighted by Gasteiger charge is 2.14. The van der Waals surface area contributed by atoms with E-state index in [9.17, 15) is 5.11 Å². The number of hydrogen-bond acceptors (Lipinski definition) is 7. The van der Waals surface area contributed by atoms with Crippen LogP contribution in [0.25, 0.3) is 0 Å². The third-order valence-electron chi connectivity index (χ3n) is 3.55. The standard InChI is InChI=1S/C15H20N4O2S/c20-13(11-4-7-22-10-11)8-17-15-16-5-3-14(19-15)18-12-2-1-6-21-9-12/h3-5,7,10,12-13,20H,1-2,6,8-9H2,(H2,16,17,18,19). The fourth-order valence-electron chi connectivity index (χ4n) is 2.36. The van der Waals surface area contributed by atoms with Crippen molar-refractivity contribution in [3.8, 4) is 0 Å². The van der Waals surface area contributed by atoms with E-state index in [0.29, 0.717) is 25.1 Å². The molecule has 1 fully saturated rings. The molecule has 2 aromatic heterocycles. The largest absolute Gasteiger partial charge is 0.387 e. The molecule has 3 heterocycles. The fourth-order valence-corrected chi connectivity index (χ4v) is 3.07. The first-order valence-corrected chi connectivity index (χ1v) is 8.37. The Hall–Kier alpha value is -1.70. The molecule has 3 N–H and O–H groups in total. The number of nitrogens with one attached hydrogen (secondary N) is 2. The Morgan fingerprint density at radius 1 is 1.45 bits per heavy atom. The van der Waals surface area contributed by atoms with Crippen molar-refractivity contribution in [3.05, 3.63) is 34.7 Å². The summed E-state index contributed by atoms with van der Waals surface area (Å²) in [6, 6.07) is 4.06. The third-order valence-corrected chi connectivity index (χ3v) is 4.25. The van der Waals surface area contributed by atoms with E-state index in [2.05, 4.69) is 20.6 Å². The zero-order valence-corrected chi connectivity index (χ0v) is 13.1. The zero-order valence-electron chi connectivity index (χ0n) is 12.2. The van der Waals surface area contributed by atoms with E-state index in [4.69, 9.17) is 4.74 Å². The summed E-state index contributed by atoms with van der Waals surface area (Å²) < 4.78 is 5.45. The van der Waals surface area contributed by atoms with Gasteiger partial charge in [0.05, 0.1) is 18.8 Å². The van der Waals surface area contributed by atoms with Gasteiger partial charge < -0.3 is 20.5 Å². The second kappa shape index (κ2) is 7.53. The summed E-state index contributed by atoms with van der Waals surface area (Å²) in [6.45, 7) is 1.94. The van der Waals surface area contributed by atoms with Crippen molar-refractivity contribution in [2.24, 2.45) is 0 Å². The van der Waals surface area contributed by atoms with Crippen LogP contribution in [0, 0.1) is 0 Å². The fraction of sp³-hybridized carbons (Fsp3) is 0.467. The second-order valence-electron chi connectivity index (χ2n) is 5.28. The first-order chi connectivity index (χ1) is 10.8.